The third-order valence-corrected chi connectivity index (χ3v) is 3.01. The fourth-order valence-electron chi connectivity index (χ4n) is 1.48. The molecule has 0 radical (unpaired) electrons. The van der Waals surface area contributed by atoms with E-state index in [1.807, 2.05) is 0 Å². The van der Waals surface area contributed by atoms with E-state index in [4.69, 9.17) is 5.11 Å². The lowest BCUT2D eigenvalue weighted by molar-refractivity contribution is -0.121. The normalized spacial score (nSPS) is 12.2. The summed E-state index contributed by atoms with van der Waals surface area (Å²) in [7, 11) is 0. The molecule has 0 aromatic heterocycles. The van der Waals surface area contributed by atoms with Crippen LogP contribution < -0.4 is 5.32 Å². The second-order valence-electron chi connectivity index (χ2n) is 4.22. The number of rotatable bonds is 6. The SMILES string of the molecule is CC(O)CCNC(=O)CCc1ccc(Br)cc1F. The van der Waals surface area contributed by atoms with E-state index < -0.39 is 6.10 Å². The molecule has 0 saturated heterocycles. The highest BCUT2D eigenvalue weighted by Crippen LogP contribution is 2.16. The van der Waals surface area contributed by atoms with Crippen LogP contribution in [0, 0.1) is 5.82 Å². The summed E-state index contributed by atoms with van der Waals surface area (Å²) < 4.78 is 14.1. The van der Waals surface area contributed by atoms with E-state index >= 15 is 0 Å². The maximum atomic E-state index is 13.5. The molecule has 2 N–H and O–H groups in total. The number of carbonyl (C=O) groups is 1. The second kappa shape index (κ2) is 7.48. The van der Waals surface area contributed by atoms with Crippen molar-refractivity contribution in [3.63, 3.8) is 0 Å². The third kappa shape index (κ3) is 5.60. The van der Waals surface area contributed by atoms with Crippen LogP contribution in [0.2, 0.25) is 0 Å². The topological polar surface area (TPSA) is 49.3 Å². The van der Waals surface area contributed by atoms with Crippen LogP contribution in [0.4, 0.5) is 4.39 Å². The number of hydrogen-bond donors (Lipinski definition) is 2. The number of aryl methyl sites for hydroxylation is 1. The number of amides is 1. The first-order chi connectivity index (χ1) is 8.49. The number of nitrogens with one attached hydrogen (secondary N) is 1. The van der Waals surface area contributed by atoms with Gasteiger partial charge in [0.1, 0.15) is 5.82 Å². The van der Waals surface area contributed by atoms with Gasteiger partial charge < -0.3 is 10.4 Å². The minimum atomic E-state index is -0.422. The number of aliphatic hydroxyl groups excluding tert-OH is 1. The van der Waals surface area contributed by atoms with Crippen LogP contribution in [0.1, 0.15) is 25.3 Å². The lowest BCUT2D eigenvalue weighted by atomic mass is 10.1. The molecule has 5 heteroatoms. The van der Waals surface area contributed by atoms with Crippen molar-refractivity contribution in [2.24, 2.45) is 0 Å². The van der Waals surface area contributed by atoms with Crippen LogP contribution in [0.3, 0.4) is 0 Å². The smallest absolute Gasteiger partial charge is 0.220 e. The number of benzene rings is 1. The molecule has 0 aliphatic heterocycles. The zero-order chi connectivity index (χ0) is 13.5. The Bertz CT molecular complexity index is 410. The Labute approximate surface area is 115 Å². The molecule has 1 rings (SSSR count). The fourth-order valence-corrected chi connectivity index (χ4v) is 1.81. The summed E-state index contributed by atoms with van der Waals surface area (Å²) in [5, 5.41) is 11.7. The molecule has 18 heavy (non-hydrogen) atoms. The minimum Gasteiger partial charge on any atom is -0.393 e. The van der Waals surface area contributed by atoms with Crippen molar-refractivity contribution in [3.05, 3.63) is 34.1 Å². The Kier molecular flexibility index (Phi) is 6.29. The molecule has 3 nitrogen and oxygen atoms in total. The van der Waals surface area contributed by atoms with Crippen molar-refractivity contribution in [2.45, 2.75) is 32.3 Å². The van der Waals surface area contributed by atoms with Gasteiger partial charge in [0.15, 0.2) is 0 Å². The Balaban J connectivity index is 2.33. The molecule has 0 bridgehead atoms. The molecule has 1 amide bonds. The maximum Gasteiger partial charge on any atom is 0.220 e. The zero-order valence-electron chi connectivity index (χ0n) is 10.2. The largest absolute Gasteiger partial charge is 0.393 e. The highest BCUT2D eigenvalue weighted by Gasteiger charge is 2.06. The van der Waals surface area contributed by atoms with E-state index in [1.54, 1.807) is 19.1 Å². The molecule has 0 spiro atoms. The molecular formula is C13H17BrFNO2. The van der Waals surface area contributed by atoms with E-state index in [9.17, 15) is 9.18 Å². The summed E-state index contributed by atoms with van der Waals surface area (Å²) in [5.41, 5.74) is 0.531. The molecule has 0 heterocycles. The van der Waals surface area contributed by atoms with Gasteiger partial charge in [0, 0.05) is 17.4 Å². The minimum absolute atomic E-state index is 0.127. The number of hydrogen-bond acceptors (Lipinski definition) is 2. The second-order valence-corrected chi connectivity index (χ2v) is 5.14. The van der Waals surface area contributed by atoms with Gasteiger partial charge in [-0.25, -0.2) is 4.39 Å². The Morgan fingerprint density at radius 2 is 2.28 bits per heavy atom. The van der Waals surface area contributed by atoms with Gasteiger partial charge in [0.25, 0.3) is 0 Å². The number of aliphatic hydroxyl groups is 1. The summed E-state index contributed by atoms with van der Waals surface area (Å²) >= 11 is 3.18. The first-order valence-corrected chi connectivity index (χ1v) is 6.67. The van der Waals surface area contributed by atoms with Gasteiger partial charge in [0.05, 0.1) is 6.10 Å². The molecule has 0 fully saturated rings. The van der Waals surface area contributed by atoms with Crippen LogP contribution in [0.25, 0.3) is 0 Å². The standard InChI is InChI=1S/C13H17BrFNO2/c1-9(17)6-7-16-13(18)5-3-10-2-4-11(14)8-12(10)15/h2,4,8-9,17H,3,5-7H2,1H3,(H,16,18). The van der Waals surface area contributed by atoms with Crippen molar-refractivity contribution >= 4 is 21.8 Å². The summed E-state index contributed by atoms with van der Waals surface area (Å²) in [4.78, 5) is 11.5. The maximum absolute atomic E-state index is 13.5. The number of carbonyl (C=O) groups excluding carboxylic acids is 1. The Morgan fingerprint density at radius 1 is 1.56 bits per heavy atom. The predicted molar refractivity (Wildman–Crippen MR) is 71.7 cm³/mol. The predicted octanol–water partition coefficient (Wildman–Crippen LogP) is 2.41. The van der Waals surface area contributed by atoms with Crippen LogP contribution in [-0.2, 0) is 11.2 Å². The average molecular weight is 318 g/mol. The van der Waals surface area contributed by atoms with Crippen molar-refractivity contribution in [1.29, 1.82) is 0 Å². The Morgan fingerprint density at radius 3 is 2.89 bits per heavy atom. The lowest BCUT2D eigenvalue weighted by Gasteiger charge is -2.07. The summed E-state index contributed by atoms with van der Waals surface area (Å²) in [6.45, 7) is 2.11. The first-order valence-electron chi connectivity index (χ1n) is 5.87. The van der Waals surface area contributed by atoms with Crippen molar-refractivity contribution in [2.75, 3.05) is 6.54 Å². The monoisotopic (exact) mass is 317 g/mol. The van der Waals surface area contributed by atoms with E-state index in [1.165, 1.54) is 6.07 Å². The highest BCUT2D eigenvalue weighted by atomic mass is 79.9. The van der Waals surface area contributed by atoms with Crippen LogP contribution in [-0.4, -0.2) is 23.7 Å². The van der Waals surface area contributed by atoms with Crippen LogP contribution >= 0.6 is 15.9 Å². The molecule has 0 aliphatic carbocycles. The quantitative estimate of drug-likeness (QED) is 0.846. The van der Waals surface area contributed by atoms with Gasteiger partial charge >= 0.3 is 0 Å². The molecule has 100 valence electrons. The van der Waals surface area contributed by atoms with Gasteiger partial charge in [0.2, 0.25) is 5.91 Å². The van der Waals surface area contributed by atoms with Crippen molar-refractivity contribution in [3.8, 4) is 0 Å². The zero-order valence-corrected chi connectivity index (χ0v) is 11.8. The Hall–Kier alpha value is -0.940. The number of halogens is 2. The van der Waals surface area contributed by atoms with Gasteiger partial charge in [-0.2, -0.15) is 0 Å². The van der Waals surface area contributed by atoms with Gasteiger partial charge in [-0.3, -0.25) is 4.79 Å². The molecule has 1 aromatic carbocycles. The van der Waals surface area contributed by atoms with Gasteiger partial charge in [-0.05, 0) is 37.5 Å². The van der Waals surface area contributed by atoms with Gasteiger partial charge in [-0.15, -0.1) is 0 Å². The van der Waals surface area contributed by atoms with Crippen LogP contribution in [0.5, 0.6) is 0 Å². The molecule has 0 aliphatic rings. The van der Waals surface area contributed by atoms with E-state index in [2.05, 4.69) is 21.2 Å². The first kappa shape index (κ1) is 15.1. The van der Waals surface area contributed by atoms with E-state index in [0.29, 0.717) is 29.4 Å². The highest BCUT2D eigenvalue weighted by molar-refractivity contribution is 9.10. The molecule has 1 atom stereocenters. The van der Waals surface area contributed by atoms with Crippen LogP contribution in [0.15, 0.2) is 22.7 Å². The summed E-state index contributed by atoms with van der Waals surface area (Å²) in [6, 6.07) is 4.81. The molecule has 0 saturated carbocycles. The average Bonchev–Trinajstić information content (AvgIpc) is 2.27. The third-order valence-electron chi connectivity index (χ3n) is 2.52. The van der Waals surface area contributed by atoms with Crippen molar-refractivity contribution in [1.82, 2.24) is 5.32 Å². The van der Waals surface area contributed by atoms with Crippen molar-refractivity contribution < 1.29 is 14.3 Å². The molecular weight excluding hydrogens is 301 g/mol. The van der Waals surface area contributed by atoms with Gasteiger partial charge in [-0.1, -0.05) is 22.0 Å². The van der Waals surface area contributed by atoms with E-state index in [0.717, 1.165) is 0 Å². The summed E-state index contributed by atoms with van der Waals surface area (Å²) in [6.07, 6.45) is 0.727. The molecule has 1 aromatic rings. The van der Waals surface area contributed by atoms with E-state index in [-0.39, 0.29) is 18.1 Å². The molecule has 1 unspecified atom stereocenters. The summed E-state index contributed by atoms with van der Waals surface area (Å²) in [5.74, 6) is -0.431. The lowest BCUT2D eigenvalue weighted by Crippen LogP contribution is -2.26. The fraction of sp³-hybridized carbons (Fsp3) is 0.462.